The first-order valence-corrected chi connectivity index (χ1v) is 9.92. The molecule has 0 saturated heterocycles. The number of carbonyl (C=O) groups excluding carboxylic acids is 1. The first kappa shape index (κ1) is 20.2. The van der Waals surface area contributed by atoms with Gasteiger partial charge < -0.3 is 4.90 Å². The van der Waals surface area contributed by atoms with Crippen molar-refractivity contribution in [3.63, 3.8) is 0 Å². The number of allylic oxidation sites excluding steroid dienone is 1. The van der Waals surface area contributed by atoms with Crippen molar-refractivity contribution in [3.05, 3.63) is 82.1 Å². The molecule has 3 rings (SSSR count). The summed E-state index contributed by atoms with van der Waals surface area (Å²) in [6.07, 6.45) is 1.64. The molecule has 1 atom stereocenters. The van der Waals surface area contributed by atoms with Crippen LogP contribution in [0.4, 0.5) is 0 Å². The molecule has 0 bridgehead atoms. The average Bonchev–Trinajstić information content (AvgIpc) is 2.68. The van der Waals surface area contributed by atoms with Crippen LogP contribution in [-0.4, -0.2) is 34.5 Å². The third-order valence-electron chi connectivity index (χ3n) is 4.18. The van der Waals surface area contributed by atoms with Crippen LogP contribution >= 0.6 is 23.4 Å². The van der Waals surface area contributed by atoms with E-state index in [4.69, 9.17) is 11.6 Å². The Balaban J connectivity index is 2.16. The summed E-state index contributed by atoms with van der Waals surface area (Å²) < 4.78 is 1.53. The number of aromatic nitrogens is 2. The van der Waals surface area contributed by atoms with Gasteiger partial charge in [0.05, 0.1) is 10.9 Å². The molecule has 0 N–H and O–H groups in total. The maximum absolute atomic E-state index is 13.0. The minimum atomic E-state index is -0.532. The number of fused-ring (bicyclic) bond motifs is 1. The molecule has 5 nitrogen and oxygen atoms in total. The van der Waals surface area contributed by atoms with Crippen LogP contribution in [0.1, 0.15) is 10.8 Å². The van der Waals surface area contributed by atoms with Gasteiger partial charge in [-0.2, -0.15) is 0 Å². The molecule has 144 valence electrons. The van der Waals surface area contributed by atoms with Crippen LogP contribution in [-0.2, 0) is 11.3 Å². The van der Waals surface area contributed by atoms with Crippen LogP contribution in [0, 0.1) is 0 Å². The summed E-state index contributed by atoms with van der Waals surface area (Å²) in [5.74, 6) is -0.0817. The number of carbonyl (C=O) groups is 1. The second kappa shape index (κ2) is 8.63. The van der Waals surface area contributed by atoms with Crippen molar-refractivity contribution < 1.29 is 4.79 Å². The molecule has 1 unspecified atom stereocenters. The van der Waals surface area contributed by atoms with Gasteiger partial charge in [-0.25, -0.2) is 4.98 Å². The highest BCUT2D eigenvalue weighted by atomic mass is 35.5. The van der Waals surface area contributed by atoms with E-state index in [1.54, 1.807) is 43.3 Å². The van der Waals surface area contributed by atoms with Gasteiger partial charge >= 0.3 is 0 Å². The Morgan fingerprint density at radius 3 is 2.64 bits per heavy atom. The van der Waals surface area contributed by atoms with E-state index < -0.39 is 5.25 Å². The zero-order valence-corrected chi connectivity index (χ0v) is 17.2. The lowest BCUT2D eigenvalue weighted by Crippen LogP contribution is -2.28. The van der Waals surface area contributed by atoms with E-state index in [1.807, 2.05) is 30.3 Å². The van der Waals surface area contributed by atoms with E-state index in [0.717, 1.165) is 5.56 Å². The molecule has 0 aliphatic carbocycles. The fourth-order valence-electron chi connectivity index (χ4n) is 2.78. The summed E-state index contributed by atoms with van der Waals surface area (Å²) in [6, 6.07) is 14.5. The lowest BCUT2D eigenvalue weighted by molar-refractivity contribution is -0.128. The molecule has 0 radical (unpaired) electrons. The van der Waals surface area contributed by atoms with E-state index in [0.29, 0.717) is 27.6 Å². The number of thioether (sulfide) groups is 1. The molecule has 28 heavy (non-hydrogen) atoms. The second-order valence-electron chi connectivity index (χ2n) is 6.40. The van der Waals surface area contributed by atoms with E-state index in [9.17, 15) is 9.59 Å². The Bertz CT molecular complexity index is 1080. The summed E-state index contributed by atoms with van der Waals surface area (Å²) in [5.41, 5.74) is 1.16. The number of nitrogens with zero attached hydrogens (tertiary/aromatic N) is 3. The van der Waals surface area contributed by atoms with Crippen LogP contribution in [0.2, 0.25) is 5.02 Å². The smallest absolute Gasteiger partial charge is 0.262 e. The number of benzene rings is 2. The summed E-state index contributed by atoms with van der Waals surface area (Å²) in [5, 5.41) is 0.895. The molecule has 1 aromatic heterocycles. The van der Waals surface area contributed by atoms with Gasteiger partial charge in [0.15, 0.2) is 5.16 Å². The van der Waals surface area contributed by atoms with Crippen molar-refractivity contribution in [2.75, 3.05) is 14.1 Å². The Kier molecular flexibility index (Phi) is 6.21. The van der Waals surface area contributed by atoms with E-state index in [-0.39, 0.29) is 11.5 Å². The molecule has 0 spiro atoms. The van der Waals surface area contributed by atoms with Gasteiger partial charge in [0, 0.05) is 25.7 Å². The van der Waals surface area contributed by atoms with Gasteiger partial charge in [-0.3, -0.25) is 14.2 Å². The minimum absolute atomic E-state index is 0.0817. The van der Waals surface area contributed by atoms with Crippen LogP contribution in [0.25, 0.3) is 10.9 Å². The first-order chi connectivity index (χ1) is 13.4. The lowest BCUT2D eigenvalue weighted by atomic mass is 10.1. The Morgan fingerprint density at radius 1 is 1.29 bits per heavy atom. The molecule has 0 aliphatic rings. The van der Waals surface area contributed by atoms with E-state index in [1.165, 1.54) is 16.3 Å². The Hall–Kier alpha value is -2.57. The van der Waals surface area contributed by atoms with Crippen LogP contribution in [0.5, 0.6) is 0 Å². The van der Waals surface area contributed by atoms with Gasteiger partial charge in [0.1, 0.15) is 5.25 Å². The molecule has 3 aromatic rings. The van der Waals surface area contributed by atoms with Crippen molar-refractivity contribution in [2.45, 2.75) is 17.0 Å². The van der Waals surface area contributed by atoms with Gasteiger partial charge in [0.25, 0.3) is 5.56 Å². The van der Waals surface area contributed by atoms with Crippen molar-refractivity contribution >= 4 is 40.2 Å². The van der Waals surface area contributed by atoms with Crippen molar-refractivity contribution in [1.29, 1.82) is 0 Å². The number of halogens is 1. The number of rotatable bonds is 6. The van der Waals surface area contributed by atoms with Crippen molar-refractivity contribution in [1.82, 2.24) is 14.5 Å². The number of hydrogen-bond acceptors (Lipinski definition) is 4. The second-order valence-corrected chi connectivity index (χ2v) is 7.91. The standard InChI is InChI=1S/C21H20ClN3O2S/c1-4-12-25-19(26)16-11-10-15(22)13-17(16)23-21(25)28-18(20(27)24(2)3)14-8-6-5-7-9-14/h4-11,13,18H,1,12H2,2-3H3. The highest BCUT2D eigenvalue weighted by molar-refractivity contribution is 8.00. The third kappa shape index (κ3) is 4.13. The van der Waals surface area contributed by atoms with E-state index >= 15 is 0 Å². The maximum atomic E-state index is 13.0. The van der Waals surface area contributed by atoms with Crippen LogP contribution in [0.15, 0.2) is 71.1 Å². The Morgan fingerprint density at radius 2 is 2.00 bits per heavy atom. The van der Waals surface area contributed by atoms with Gasteiger partial charge in [-0.05, 0) is 23.8 Å². The number of amides is 1. The predicted octanol–water partition coefficient (Wildman–Crippen LogP) is 4.16. The molecular weight excluding hydrogens is 394 g/mol. The monoisotopic (exact) mass is 413 g/mol. The Labute approximate surface area is 172 Å². The maximum Gasteiger partial charge on any atom is 0.262 e. The topological polar surface area (TPSA) is 55.2 Å². The van der Waals surface area contributed by atoms with Crippen molar-refractivity contribution in [3.8, 4) is 0 Å². The molecule has 1 amide bonds. The van der Waals surface area contributed by atoms with Crippen LogP contribution < -0.4 is 5.56 Å². The largest absolute Gasteiger partial charge is 0.348 e. The highest BCUT2D eigenvalue weighted by Crippen LogP contribution is 2.35. The van der Waals surface area contributed by atoms with Gasteiger partial charge in [0.2, 0.25) is 5.91 Å². The SMILES string of the molecule is C=CCn1c(SC(C(=O)N(C)C)c2ccccc2)nc2cc(Cl)ccc2c1=O. The molecule has 7 heteroatoms. The van der Waals surface area contributed by atoms with E-state index in [2.05, 4.69) is 11.6 Å². The van der Waals surface area contributed by atoms with Gasteiger partial charge in [-0.15, -0.1) is 6.58 Å². The summed E-state index contributed by atoms with van der Waals surface area (Å²) in [4.78, 5) is 32.0. The molecule has 1 heterocycles. The fraction of sp³-hybridized carbons (Fsp3) is 0.190. The molecule has 0 fully saturated rings. The molecule has 2 aromatic carbocycles. The predicted molar refractivity (Wildman–Crippen MR) is 115 cm³/mol. The average molecular weight is 414 g/mol. The number of likely N-dealkylation sites (N-methyl/N-ethyl adjacent to an activating group) is 1. The summed E-state index contributed by atoms with van der Waals surface area (Å²) >= 11 is 7.33. The highest BCUT2D eigenvalue weighted by Gasteiger charge is 2.26. The zero-order chi connectivity index (χ0) is 20.3. The molecule has 0 saturated carbocycles. The summed E-state index contributed by atoms with van der Waals surface area (Å²) in [6.45, 7) is 4.04. The number of hydrogen-bond donors (Lipinski definition) is 0. The minimum Gasteiger partial charge on any atom is -0.348 e. The summed E-state index contributed by atoms with van der Waals surface area (Å²) in [7, 11) is 3.42. The third-order valence-corrected chi connectivity index (χ3v) is 5.65. The van der Waals surface area contributed by atoms with Crippen LogP contribution in [0.3, 0.4) is 0 Å². The normalized spacial score (nSPS) is 12.0. The lowest BCUT2D eigenvalue weighted by Gasteiger charge is -2.21. The first-order valence-electron chi connectivity index (χ1n) is 8.66. The molecule has 0 aliphatic heterocycles. The zero-order valence-electron chi connectivity index (χ0n) is 15.6. The molecular formula is C21H20ClN3O2S. The quantitative estimate of drug-likeness (QED) is 0.346. The fourth-order valence-corrected chi connectivity index (χ4v) is 4.20. The van der Waals surface area contributed by atoms with Crippen molar-refractivity contribution in [2.24, 2.45) is 0 Å². The van der Waals surface area contributed by atoms with Gasteiger partial charge in [-0.1, -0.05) is 59.8 Å².